The normalized spacial score (nSPS) is 16.6. The summed E-state index contributed by atoms with van der Waals surface area (Å²) in [7, 11) is 1.58. The van der Waals surface area contributed by atoms with Crippen LogP contribution in [0.5, 0.6) is 5.75 Å². The Kier molecular flexibility index (Phi) is 8.67. The van der Waals surface area contributed by atoms with Crippen molar-refractivity contribution in [2.24, 2.45) is 0 Å². The second kappa shape index (κ2) is 12.4. The van der Waals surface area contributed by atoms with Crippen molar-refractivity contribution in [3.63, 3.8) is 0 Å². The van der Waals surface area contributed by atoms with E-state index in [1.54, 1.807) is 42.8 Å². The largest absolute Gasteiger partial charge is 0.458 e. The molecule has 1 atom stereocenters. The van der Waals surface area contributed by atoms with E-state index in [2.05, 4.69) is 16.0 Å². The van der Waals surface area contributed by atoms with Crippen LogP contribution in [0.25, 0.3) is 22.3 Å². The molecule has 12 heteroatoms. The lowest BCUT2D eigenvalue weighted by molar-refractivity contribution is -0.172. The number of ether oxygens (including phenoxy) is 2. The zero-order valence-electron chi connectivity index (χ0n) is 24.7. The van der Waals surface area contributed by atoms with E-state index in [-0.39, 0.29) is 35.7 Å². The predicted molar refractivity (Wildman–Crippen MR) is 159 cm³/mol. The molecule has 2 aliphatic heterocycles. The number of carbonyl (C=O) groups excluding carboxylic acids is 3. The molecule has 228 valence electrons. The highest BCUT2D eigenvalue weighted by atomic mass is 16.6. The summed E-state index contributed by atoms with van der Waals surface area (Å²) in [5.41, 5.74) is 2.11. The van der Waals surface area contributed by atoms with Crippen LogP contribution < -0.4 is 26.2 Å². The van der Waals surface area contributed by atoms with Gasteiger partial charge in [-0.15, -0.1) is 0 Å². The van der Waals surface area contributed by atoms with Gasteiger partial charge in [0.15, 0.2) is 5.60 Å². The van der Waals surface area contributed by atoms with E-state index in [1.807, 2.05) is 6.92 Å². The van der Waals surface area contributed by atoms with Crippen LogP contribution in [0.1, 0.15) is 68.2 Å². The molecule has 5 rings (SSSR count). The number of fused-ring (bicyclic) bond motifs is 5. The lowest BCUT2D eigenvalue weighted by Gasteiger charge is -2.31. The highest BCUT2D eigenvalue weighted by Crippen LogP contribution is 2.40. The topological polar surface area (TPSA) is 161 Å². The number of nitrogens with zero attached hydrogens (tertiary/aromatic N) is 2. The highest BCUT2D eigenvalue weighted by Gasteiger charge is 2.45. The molecule has 0 radical (unpaired) electrons. The van der Waals surface area contributed by atoms with Gasteiger partial charge in [-0.05, 0) is 55.5 Å². The van der Waals surface area contributed by atoms with E-state index in [1.165, 1.54) is 0 Å². The summed E-state index contributed by atoms with van der Waals surface area (Å²) >= 11 is 0. The predicted octanol–water partition coefficient (Wildman–Crippen LogP) is 3.22. The van der Waals surface area contributed by atoms with E-state index < -0.39 is 17.7 Å². The number of urea groups is 1. The summed E-state index contributed by atoms with van der Waals surface area (Å²) in [4.78, 5) is 54.4. The lowest BCUT2D eigenvalue weighted by Crippen LogP contribution is -2.44. The number of cyclic esters (lactones) is 1. The van der Waals surface area contributed by atoms with Crippen LogP contribution in [-0.4, -0.2) is 52.9 Å². The van der Waals surface area contributed by atoms with Gasteiger partial charge in [0.25, 0.3) is 5.56 Å². The number of rotatable bonds is 10. The van der Waals surface area contributed by atoms with Crippen molar-refractivity contribution in [1.29, 1.82) is 0 Å². The lowest BCUT2D eigenvalue weighted by atomic mass is 9.86. The molecular formula is C31H37N5O7. The number of esters is 1. The van der Waals surface area contributed by atoms with Gasteiger partial charge < -0.3 is 35.1 Å². The Hall–Kier alpha value is -4.45. The van der Waals surface area contributed by atoms with Gasteiger partial charge in [0.1, 0.15) is 12.4 Å². The molecule has 12 nitrogen and oxygen atoms in total. The third-order valence-electron chi connectivity index (χ3n) is 8.23. The Bertz CT molecular complexity index is 1650. The van der Waals surface area contributed by atoms with Gasteiger partial charge in [-0.25, -0.2) is 19.4 Å². The molecule has 0 bridgehead atoms. The first kappa shape index (κ1) is 30.0. The first-order chi connectivity index (χ1) is 20.7. The number of pyridine rings is 2. The number of unbranched alkanes of at least 4 members (excludes halogenated alkanes) is 3. The molecule has 1 aromatic carbocycles. The average molecular weight is 592 g/mol. The minimum absolute atomic E-state index is 0.0778. The number of aryl methyl sites for hydroxylation is 1. The van der Waals surface area contributed by atoms with Gasteiger partial charge in [0, 0.05) is 36.7 Å². The maximum absolute atomic E-state index is 13.5. The molecule has 3 amide bonds. The van der Waals surface area contributed by atoms with Crippen molar-refractivity contribution in [3.05, 3.63) is 56.9 Å². The molecule has 2 aromatic heterocycles. The van der Waals surface area contributed by atoms with E-state index in [0.717, 1.165) is 42.2 Å². The Morgan fingerprint density at radius 2 is 1.81 bits per heavy atom. The summed E-state index contributed by atoms with van der Waals surface area (Å²) < 4.78 is 12.3. The summed E-state index contributed by atoms with van der Waals surface area (Å²) in [6, 6.07) is 6.76. The average Bonchev–Trinajstić information content (AvgIpc) is 3.37. The Morgan fingerprint density at radius 1 is 1.07 bits per heavy atom. The molecule has 3 aromatic rings. The van der Waals surface area contributed by atoms with Gasteiger partial charge in [0.05, 0.1) is 29.0 Å². The molecular weight excluding hydrogens is 554 g/mol. The minimum atomic E-state index is -1.88. The molecule has 0 aliphatic carbocycles. The van der Waals surface area contributed by atoms with Crippen LogP contribution in [0, 0.1) is 0 Å². The van der Waals surface area contributed by atoms with E-state index in [9.17, 15) is 24.3 Å². The molecule has 4 heterocycles. The molecule has 0 saturated heterocycles. The summed E-state index contributed by atoms with van der Waals surface area (Å²) in [5, 5.41) is 20.0. The SMILES string of the molecule is CCc1c2c(nc3ccc(OC(=O)NCCCCCCNC(=O)NC)cc13)-c1cc3c(c(=O)n1C2)COC(=O)[C@@]3(O)CC. The smallest absolute Gasteiger partial charge is 0.412 e. The molecule has 0 spiro atoms. The van der Waals surface area contributed by atoms with Crippen LogP contribution in [0.4, 0.5) is 9.59 Å². The second-order valence-corrected chi connectivity index (χ2v) is 10.8. The van der Waals surface area contributed by atoms with E-state index in [4.69, 9.17) is 14.5 Å². The quantitative estimate of drug-likeness (QED) is 0.162. The monoisotopic (exact) mass is 591 g/mol. The maximum Gasteiger partial charge on any atom is 0.412 e. The first-order valence-electron chi connectivity index (χ1n) is 14.8. The molecule has 4 N–H and O–H groups in total. The summed E-state index contributed by atoms with van der Waals surface area (Å²) in [5.74, 6) is -0.372. The van der Waals surface area contributed by atoms with Crippen molar-refractivity contribution < 1.29 is 29.0 Å². The molecule has 2 aliphatic rings. The summed E-state index contributed by atoms with van der Waals surface area (Å²) in [6.07, 6.45) is 3.70. The number of aliphatic hydroxyl groups is 1. The van der Waals surface area contributed by atoms with Gasteiger partial charge in [0.2, 0.25) is 0 Å². The van der Waals surface area contributed by atoms with Crippen molar-refractivity contribution >= 4 is 29.0 Å². The minimum Gasteiger partial charge on any atom is -0.458 e. The standard InChI is InChI=1S/C31H37N5O7/c1-4-19-20-14-18(43-30(40)34-13-9-7-6-8-12-33-29(39)32-3)10-11-24(20)35-26-21(19)16-36-25(26)15-23-22(27(36)37)17-42-28(38)31(23,41)5-2/h10-11,14-15,41H,4-9,12-13,16-17H2,1-3H3,(H,34,40)(H2,32,33,39)/t31-/m1/s1. The van der Waals surface area contributed by atoms with Crippen molar-refractivity contribution in [1.82, 2.24) is 25.5 Å². The van der Waals surface area contributed by atoms with Gasteiger partial charge >= 0.3 is 18.1 Å². The van der Waals surface area contributed by atoms with Crippen LogP contribution in [0.2, 0.25) is 0 Å². The fourth-order valence-corrected chi connectivity index (χ4v) is 5.84. The van der Waals surface area contributed by atoms with Crippen molar-refractivity contribution in [2.45, 2.75) is 71.1 Å². The summed E-state index contributed by atoms with van der Waals surface area (Å²) in [6.45, 7) is 4.90. The van der Waals surface area contributed by atoms with Crippen molar-refractivity contribution in [3.8, 4) is 17.1 Å². The molecule has 43 heavy (non-hydrogen) atoms. The van der Waals surface area contributed by atoms with Crippen LogP contribution >= 0.6 is 0 Å². The Balaban J connectivity index is 1.30. The molecule has 0 fully saturated rings. The molecule has 0 saturated carbocycles. The fraction of sp³-hybridized carbons (Fsp3) is 0.452. The third-order valence-corrected chi connectivity index (χ3v) is 8.23. The second-order valence-electron chi connectivity index (χ2n) is 10.8. The Morgan fingerprint density at radius 3 is 2.51 bits per heavy atom. The zero-order chi connectivity index (χ0) is 30.7. The van der Waals surface area contributed by atoms with Gasteiger partial charge in [-0.1, -0.05) is 26.7 Å². The van der Waals surface area contributed by atoms with E-state index in [0.29, 0.717) is 48.7 Å². The van der Waals surface area contributed by atoms with Crippen molar-refractivity contribution in [2.75, 3.05) is 20.1 Å². The number of carbonyl (C=O) groups is 3. The molecule has 0 unspecified atom stereocenters. The highest BCUT2D eigenvalue weighted by molar-refractivity contribution is 5.90. The van der Waals surface area contributed by atoms with Gasteiger partial charge in [-0.2, -0.15) is 0 Å². The number of nitrogens with one attached hydrogen (secondary N) is 3. The van der Waals surface area contributed by atoms with Crippen LogP contribution in [-0.2, 0) is 34.7 Å². The Labute approximate surface area is 248 Å². The van der Waals surface area contributed by atoms with Gasteiger partial charge in [-0.3, -0.25) is 4.79 Å². The van der Waals surface area contributed by atoms with Crippen LogP contribution in [0.3, 0.4) is 0 Å². The number of benzene rings is 1. The maximum atomic E-state index is 13.5. The first-order valence-corrected chi connectivity index (χ1v) is 14.8. The fourth-order valence-electron chi connectivity index (χ4n) is 5.84. The number of hydrogen-bond donors (Lipinski definition) is 4. The number of hydrogen-bond acceptors (Lipinski definition) is 8. The number of aromatic nitrogens is 2. The zero-order valence-corrected chi connectivity index (χ0v) is 24.7. The third kappa shape index (κ3) is 5.66. The van der Waals surface area contributed by atoms with E-state index >= 15 is 0 Å². The number of amides is 3. The van der Waals surface area contributed by atoms with Crippen LogP contribution in [0.15, 0.2) is 29.1 Å².